The van der Waals surface area contributed by atoms with Crippen LogP contribution in [0.2, 0.25) is 0 Å². The van der Waals surface area contributed by atoms with Crippen LogP contribution in [0.1, 0.15) is 11.4 Å². The Labute approximate surface area is 87.5 Å². The molecule has 0 fully saturated rings. The van der Waals surface area contributed by atoms with Gasteiger partial charge in [-0.25, -0.2) is 4.68 Å². The third-order valence-corrected chi connectivity index (χ3v) is 2.52. The lowest BCUT2D eigenvalue weighted by Crippen LogP contribution is -2.01. The fourth-order valence-electron chi connectivity index (χ4n) is 1.77. The van der Waals surface area contributed by atoms with Crippen molar-refractivity contribution in [1.82, 2.24) is 14.8 Å². The van der Waals surface area contributed by atoms with Gasteiger partial charge in [0.15, 0.2) is 5.75 Å². The van der Waals surface area contributed by atoms with E-state index in [-0.39, 0.29) is 0 Å². The Morgan fingerprint density at radius 3 is 3.20 bits per heavy atom. The third kappa shape index (κ3) is 1.38. The highest BCUT2D eigenvalue weighted by Gasteiger charge is 2.15. The minimum absolute atomic E-state index is 0.791. The molecular formula is C11H11N3O. The van der Waals surface area contributed by atoms with E-state index in [2.05, 4.69) is 10.1 Å². The minimum atomic E-state index is 0.791. The Balaban J connectivity index is 2.08. The van der Waals surface area contributed by atoms with Gasteiger partial charge in [-0.3, -0.25) is 4.98 Å². The van der Waals surface area contributed by atoms with E-state index >= 15 is 0 Å². The largest absolute Gasteiger partial charge is 0.437 e. The zero-order valence-corrected chi connectivity index (χ0v) is 8.47. The van der Waals surface area contributed by atoms with Crippen molar-refractivity contribution in [3.05, 3.63) is 35.8 Å². The van der Waals surface area contributed by atoms with Crippen molar-refractivity contribution in [3.63, 3.8) is 0 Å². The SMILES string of the molecule is Cc1ccc2c(n1)CCn1nccc1O2. The normalized spacial score (nSPS) is 13.7. The highest BCUT2D eigenvalue weighted by Crippen LogP contribution is 2.28. The average molecular weight is 201 g/mol. The number of aromatic nitrogens is 3. The fraction of sp³-hybridized carbons (Fsp3) is 0.273. The van der Waals surface area contributed by atoms with E-state index in [1.807, 2.05) is 29.8 Å². The van der Waals surface area contributed by atoms with Crippen molar-refractivity contribution < 1.29 is 4.74 Å². The van der Waals surface area contributed by atoms with Gasteiger partial charge in [-0.2, -0.15) is 5.10 Å². The van der Waals surface area contributed by atoms with E-state index in [4.69, 9.17) is 4.74 Å². The summed E-state index contributed by atoms with van der Waals surface area (Å²) in [5.74, 6) is 1.64. The lowest BCUT2D eigenvalue weighted by Gasteiger charge is -2.05. The van der Waals surface area contributed by atoms with Crippen LogP contribution in [-0.2, 0) is 13.0 Å². The number of hydrogen-bond donors (Lipinski definition) is 0. The van der Waals surface area contributed by atoms with Gasteiger partial charge in [0.2, 0.25) is 5.88 Å². The average Bonchev–Trinajstić information content (AvgIpc) is 2.59. The molecule has 2 aromatic rings. The Morgan fingerprint density at radius 1 is 1.33 bits per heavy atom. The van der Waals surface area contributed by atoms with Crippen molar-refractivity contribution in [3.8, 4) is 11.6 Å². The Morgan fingerprint density at radius 2 is 2.27 bits per heavy atom. The first kappa shape index (κ1) is 8.47. The van der Waals surface area contributed by atoms with Crippen LogP contribution in [0.5, 0.6) is 11.6 Å². The van der Waals surface area contributed by atoms with E-state index in [1.165, 1.54) is 0 Å². The maximum Gasteiger partial charge on any atom is 0.217 e. The second-order valence-corrected chi connectivity index (χ2v) is 3.64. The van der Waals surface area contributed by atoms with Crippen molar-refractivity contribution in [2.75, 3.05) is 0 Å². The molecule has 0 N–H and O–H groups in total. The molecule has 2 aromatic heterocycles. The monoisotopic (exact) mass is 201 g/mol. The van der Waals surface area contributed by atoms with Gasteiger partial charge in [0.05, 0.1) is 18.4 Å². The first-order valence-corrected chi connectivity index (χ1v) is 4.99. The number of aryl methyl sites for hydroxylation is 3. The lowest BCUT2D eigenvalue weighted by molar-refractivity contribution is 0.427. The molecule has 1 aliphatic heterocycles. The molecule has 0 saturated carbocycles. The van der Waals surface area contributed by atoms with Crippen molar-refractivity contribution in [2.45, 2.75) is 19.9 Å². The zero-order valence-electron chi connectivity index (χ0n) is 8.47. The van der Waals surface area contributed by atoms with Crippen LogP contribution >= 0.6 is 0 Å². The van der Waals surface area contributed by atoms with E-state index in [1.54, 1.807) is 6.20 Å². The van der Waals surface area contributed by atoms with Gasteiger partial charge in [-0.15, -0.1) is 0 Å². The molecule has 15 heavy (non-hydrogen) atoms. The number of nitrogens with zero attached hydrogens (tertiary/aromatic N) is 3. The van der Waals surface area contributed by atoms with Gasteiger partial charge < -0.3 is 4.74 Å². The van der Waals surface area contributed by atoms with E-state index in [9.17, 15) is 0 Å². The molecule has 0 bridgehead atoms. The predicted molar refractivity (Wildman–Crippen MR) is 55.0 cm³/mol. The summed E-state index contributed by atoms with van der Waals surface area (Å²) < 4.78 is 7.59. The topological polar surface area (TPSA) is 39.9 Å². The highest BCUT2D eigenvalue weighted by atomic mass is 16.5. The van der Waals surface area contributed by atoms with Gasteiger partial charge in [0.25, 0.3) is 0 Å². The van der Waals surface area contributed by atoms with Gasteiger partial charge in [0, 0.05) is 18.2 Å². The molecular weight excluding hydrogens is 190 g/mol. The third-order valence-electron chi connectivity index (χ3n) is 2.52. The predicted octanol–water partition coefficient (Wildman–Crippen LogP) is 1.93. The van der Waals surface area contributed by atoms with Crippen LogP contribution in [-0.4, -0.2) is 14.8 Å². The summed E-state index contributed by atoms with van der Waals surface area (Å²) in [5, 5.41) is 4.19. The van der Waals surface area contributed by atoms with Gasteiger partial charge in [-0.05, 0) is 19.1 Å². The Bertz CT molecular complexity index is 504. The Hall–Kier alpha value is -1.84. The molecule has 0 unspecified atom stereocenters. The summed E-state index contributed by atoms with van der Waals surface area (Å²) in [6.45, 7) is 2.81. The summed E-state index contributed by atoms with van der Waals surface area (Å²) in [6.07, 6.45) is 2.62. The van der Waals surface area contributed by atoms with Gasteiger partial charge in [0.1, 0.15) is 0 Å². The van der Waals surface area contributed by atoms with Crippen LogP contribution in [0.15, 0.2) is 24.4 Å². The quantitative estimate of drug-likeness (QED) is 0.654. The fourth-order valence-corrected chi connectivity index (χ4v) is 1.77. The second kappa shape index (κ2) is 3.08. The standard InChI is InChI=1S/C11H11N3O/c1-8-2-3-10-9(13-8)5-7-14-11(15-10)4-6-12-14/h2-4,6H,5,7H2,1H3. The van der Waals surface area contributed by atoms with Crippen molar-refractivity contribution in [1.29, 1.82) is 0 Å². The maximum atomic E-state index is 5.74. The first-order chi connectivity index (χ1) is 7.33. The summed E-state index contributed by atoms with van der Waals surface area (Å²) >= 11 is 0. The number of hydrogen-bond acceptors (Lipinski definition) is 3. The first-order valence-electron chi connectivity index (χ1n) is 4.99. The summed E-state index contributed by atoms with van der Waals surface area (Å²) in [5.41, 5.74) is 2.04. The number of fused-ring (bicyclic) bond motifs is 2. The van der Waals surface area contributed by atoms with Crippen LogP contribution in [0.3, 0.4) is 0 Å². The minimum Gasteiger partial charge on any atom is -0.437 e. The zero-order chi connectivity index (χ0) is 10.3. The summed E-state index contributed by atoms with van der Waals surface area (Å²) in [7, 11) is 0. The second-order valence-electron chi connectivity index (χ2n) is 3.64. The van der Waals surface area contributed by atoms with E-state index in [0.717, 1.165) is 36.0 Å². The van der Waals surface area contributed by atoms with Gasteiger partial charge >= 0.3 is 0 Å². The molecule has 0 aromatic carbocycles. The molecule has 0 saturated heterocycles. The van der Waals surface area contributed by atoms with Gasteiger partial charge in [-0.1, -0.05) is 0 Å². The lowest BCUT2D eigenvalue weighted by atomic mass is 10.2. The Kier molecular flexibility index (Phi) is 1.74. The molecule has 76 valence electrons. The van der Waals surface area contributed by atoms with Crippen LogP contribution < -0.4 is 4.74 Å². The maximum absolute atomic E-state index is 5.74. The molecule has 1 aliphatic rings. The molecule has 4 nitrogen and oxygen atoms in total. The molecule has 0 amide bonds. The molecule has 0 aliphatic carbocycles. The highest BCUT2D eigenvalue weighted by molar-refractivity contribution is 5.34. The molecule has 0 radical (unpaired) electrons. The van der Waals surface area contributed by atoms with Crippen LogP contribution in [0, 0.1) is 6.92 Å². The molecule has 0 spiro atoms. The molecule has 0 atom stereocenters. The number of rotatable bonds is 0. The van der Waals surface area contributed by atoms with Crippen molar-refractivity contribution in [2.24, 2.45) is 0 Å². The summed E-state index contributed by atoms with van der Waals surface area (Å²) in [4.78, 5) is 4.47. The number of pyridine rings is 1. The van der Waals surface area contributed by atoms with Crippen molar-refractivity contribution >= 4 is 0 Å². The van der Waals surface area contributed by atoms with Crippen LogP contribution in [0.25, 0.3) is 0 Å². The van der Waals surface area contributed by atoms with Crippen LogP contribution in [0.4, 0.5) is 0 Å². The smallest absolute Gasteiger partial charge is 0.217 e. The summed E-state index contributed by atoms with van der Waals surface area (Å²) in [6, 6.07) is 5.81. The number of ether oxygens (including phenoxy) is 1. The molecule has 3 rings (SSSR count). The van der Waals surface area contributed by atoms with E-state index < -0.39 is 0 Å². The molecule has 4 heteroatoms. The molecule has 3 heterocycles. The van der Waals surface area contributed by atoms with E-state index in [0.29, 0.717) is 0 Å².